The molecular weight excluding hydrogens is 707 g/mol. The van der Waals surface area contributed by atoms with Crippen LogP contribution in [0.4, 0.5) is 0 Å². The summed E-state index contributed by atoms with van der Waals surface area (Å²) in [5.41, 5.74) is 0. The lowest BCUT2D eigenvalue weighted by molar-refractivity contribution is -0.143. The van der Waals surface area contributed by atoms with Gasteiger partial charge in [0.15, 0.2) is 0 Å². The van der Waals surface area contributed by atoms with Gasteiger partial charge in [-0.3, -0.25) is 9.59 Å². The zero-order valence-electron chi connectivity index (χ0n) is 38.6. The first-order chi connectivity index (χ1) is 28.0. The van der Waals surface area contributed by atoms with Gasteiger partial charge in [-0.05, 0) is 25.7 Å². The van der Waals surface area contributed by atoms with Crippen molar-refractivity contribution in [1.29, 1.82) is 0 Å². The minimum atomic E-state index is -0.673. The number of amides is 1. The molecule has 0 saturated heterocycles. The first-order valence-electron chi connectivity index (χ1n) is 25.8. The average molecular weight is 808 g/mol. The number of unbranched alkanes of at least 4 members (excludes halogenated alkanes) is 37. The summed E-state index contributed by atoms with van der Waals surface area (Å²) in [6, 6.07) is -0.552. The van der Waals surface area contributed by atoms with Gasteiger partial charge in [0.2, 0.25) is 5.91 Å². The second-order valence-corrected chi connectivity index (χ2v) is 17.9. The van der Waals surface area contributed by atoms with Gasteiger partial charge in [-0.1, -0.05) is 251 Å². The lowest BCUT2D eigenvalue weighted by Crippen LogP contribution is -2.45. The zero-order valence-corrected chi connectivity index (χ0v) is 38.6. The Balaban J connectivity index is 3.42. The van der Waals surface area contributed by atoms with Crippen molar-refractivity contribution in [2.75, 3.05) is 13.2 Å². The van der Waals surface area contributed by atoms with Crippen LogP contribution in [0, 0.1) is 0 Å². The number of nitrogens with one attached hydrogen (secondary N) is 1. The van der Waals surface area contributed by atoms with Gasteiger partial charge in [0.1, 0.15) is 0 Å². The number of rotatable bonds is 48. The van der Waals surface area contributed by atoms with Crippen LogP contribution >= 0.6 is 0 Å². The smallest absolute Gasteiger partial charge is 0.305 e. The van der Waals surface area contributed by atoms with Gasteiger partial charge >= 0.3 is 5.97 Å². The molecule has 0 saturated carbocycles. The van der Waals surface area contributed by atoms with Crippen molar-refractivity contribution in [3.63, 3.8) is 0 Å². The highest BCUT2D eigenvalue weighted by Crippen LogP contribution is 2.17. The quantitative estimate of drug-likeness (QED) is 0.0420. The molecule has 0 bridgehead atoms. The molecule has 0 aliphatic carbocycles. The fourth-order valence-electron chi connectivity index (χ4n) is 8.17. The molecule has 0 aliphatic rings. The Morgan fingerprint density at radius 2 is 0.719 bits per heavy atom. The molecule has 0 radical (unpaired) electrons. The second kappa shape index (κ2) is 47.5. The molecule has 340 valence electrons. The van der Waals surface area contributed by atoms with E-state index in [1.807, 2.05) is 0 Å². The molecule has 0 spiro atoms. The molecule has 2 atom stereocenters. The van der Waals surface area contributed by atoms with E-state index >= 15 is 0 Å². The SMILES string of the molecule is CCCCCCCCCCCCCCCCCCCC(=O)OCCCCCCCCCCCCCC(=O)NC(CO)C(O)CCCCCCCCCCCCCC. The summed E-state index contributed by atoms with van der Waals surface area (Å²) in [6.45, 7) is 4.92. The van der Waals surface area contributed by atoms with Crippen LogP contribution in [0.3, 0.4) is 0 Å². The third kappa shape index (κ3) is 44.2. The lowest BCUT2D eigenvalue weighted by Gasteiger charge is -2.22. The Morgan fingerprint density at radius 3 is 1.07 bits per heavy atom. The number of aliphatic hydroxyl groups is 2. The standard InChI is InChI=1S/C51H101NO5/c1-3-5-7-9-11-13-15-17-18-19-20-21-25-29-33-37-41-45-51(56)57-46-42-38-34-30-26-22-24-28-32-36-40-44-50(55)52-48(47-53)49(54)43-39-35-31-27-23-16-14-12-10-8-6-4-2/h48-49,53-54H,3-47H2,1-2H3,(H,52,55). The highest BCUT2D eigenvalue weighted by atomic mass is 16.5. The fraction of sp³-hybridized carbons (Fsp3) is 0.961. The molecule has 2 unspecified atom stereocenters. The molecule has 6 heteroatoms. The number of aliphatic hydroxyl groups excluding tert-OH is 2. The van der Waals surface area contributed by atoms with Gasteiger partial charge in [0.05, 0.1) is 25.4 Å². The minimum absolute atomic E-state index is 0.00930. The van der Waals surface area contributed by atoms with E-state index in [-0.39, 0.29) is 18.5 Å². The van der Waals surface area contributed by atoms with Crippen LogP contribution in [-0.4, -0.2) is 47.4 Å². The van der Waals surface area contributed by atoms with Gasteiger partial charge in [-0.25, -0.2) is 0 Å². The zero-order chi connectivity index (χ0) is 41.5. The van der Waals surface area contributed by atoms with Crippen LogP contribution in [0.25, 0.3) is 0 Å². The molecule has 6 nitrogen and oxygen atoms in total. The monoisotopic (exact) mass is 808 g/mol. The van der Waals surface area contributed by atoms with Crippen molar-refractivity contribution >= 4 is 11.9 Å². The number of hydrogen-bond donors (Lipinski definition) is 3. The maximum Gasteiger partial charge on any atom is 0.305 e. The highest BCUT2D eigenvalue weighted by molar-refractivity contribution is 5.76. The van der Waals surface area contributed by atoms with E-state index in [0.717, 1.165) is 57.8 Å². The van der Waals surface area contributed by atoms with Crippen LogP contribution in [0.5, 0.6) is 0 Å². The summed E-state index contributed by atoms with van der Waals surface area (Å²) in [5, 5.41) is 23.1. The third-order valence-electron chi connectivity index (χ3n) is 12.2. The Kier molecular flexibility index (Phi) is 46.6. The highest BCUT2D eigenvalue weighted by Gasteiger charge is 2.20. The number of ether oxygens (including phenoxy) is 1. The Morgan fingerprint density at radius 1 is 0.421 bits per heavy atom. The molecule has 1 amide bonds. The molecule has 0 heterocycles. The summed E-state index contributed by atoms with van der Waals surface area (Å²) in [5.74, 6) is -0.0619. The minimum Gasteiger partial charge on any atom is -0.466 e. The van der Waals surface area contributed by atoms with Crippen molar-refractivity contribution in [2.45, 2.75) is 302 Å². The van der Waals surface area contributed by atoms with Gasteiger partial charge in [0, 0.05) is 12.8 Å². The maximum atomic E-state index is 12.4. The summed E-state index contributed by atoms with van der Waals surface area (Å²) >= 11 is 0. The van der Waals surface area contributed by atoms with Gasteiger partial charge in [0.25, 0.3) is 0 Å². The van der Waals surface area contributed by atoms with Gasteiger partial charge in [-0.2, -0.15) is 0 Å². The van der Waals surface area contributed by atoms with Crippen molar-refractivity contribution in [3.05, 3.63) is 0 Å². The fourth-order valence-corrected chi connectivity index (χ4v) is 8.17. The summed E-state index contributed by atoms with van der Waals surface area (Å²) in [6.07, 6.45) is 52.1. The van der Waals surface area contributed by atoms with E-state index in [1.54, 1.807) is 0 Å². The molecule has 0 aromatic heterocycles. The van der Waals surface area contributed by atoms with Crippen LogP contribution < -0.4 is 5.32 Å². The molecule has 3 N–H and O–H groups in total. The summed E-state index contributed by atoms with van der Waals surface area (Å²) < 4.78 is 5.47. The number of hydrogen-bond acceptors (Lipinski definition) is 5. The van der Waals surface area contributed by atoms with Crippen LogP contribution in [-0.2, 0) is 14.3 Å². The van der Waals surface area contributed by atoms with E-state index in [2.05, 4.69) is 19.2 Å². The number of esters is 1. The van der Waals surface area contributed by atoms with E-state index in [1.165, 1.54) is 199 Å². The maximum absolute atomic E-state index is 12.4. The van der Waals surface area contributed by atoms with Crippen molar-refractivity contribution in [1.82, 2.24) is 5.32 Å². The molecule has 0 aromatic carbocycles. The first kappa shape index (κ1) is 55.9. The molecule has 0 fully saturated rings. The first-order valence-corrected chi connectivity index (χ1v) is 25.8. The van der Waals surface area contributed by atoms with E-state index in [4.69, 9.17) is 4.74 Å². The topological polar surface area (TPSA) is 95.9 Å². The Bertz CT molecular complexity index is 806. The van der Waals surface area contributed by atoms with Gasteiger partial charge < -0.3 is 20.3 Å². The molecule has 0 rings (SSSR count). The summed E-state index contributed by atoms with van der Waals surface area (Å²) in [7, 11) is 0. The number of carbonyl (C=O) groups excluding carboxylic acids is 2. The number of carbonyl (C=O) groups is 2. The van der Waals surface area contributed by atoms with Crippen LogP contribution in [0.2, 0.25) is 0 Å². The molecule has 0 aliphatic heterocycles. The molecular formula is C51H101NO5. The predicted molar refractivity (Wildman–Crippen MR) is 246 cm³/mol. The average Bonchev–Trinajstić information content (AvgIpc) is 3.21. The van der Waals surface area contributed by atoms with Crippen LogP contribution in [0.15, 0.2) is 0 Å². The van der Waals surface area contributed by atoms with Crippen molar-refractivity contribution < 1.29 is 24.5 Å². The predicted octanol–water partition coefficient (Wildman–Crippen LogP) is 15.2. The van der Waals surface area contributed by atoms with Crippen molar-refractivity contribution in [3.8, 4) is 0 Å². The molecule has 57 heavy (non-hydrogen) atoms. The second-order valence-electron chi connectivity index (χ2n) is 17.9. The Hall–Kier alpha value is -1.14. The third-order valence-corrected chi connectivity index (χ3v) is 12.2. The van der Waals surface area contributed by atoms with E-state index in [0.29, 0.717) is 25.9 Å². The van der Waals surface area contributed by atoms with E-state index in [9.17, 15) is 19.8 Å². The Labute approximate surface area is 356 Å². The lowest BCUT2D eigenvalue weighted by atomic mass is 10.0. The van der Waals surface area contributed by atoms with Crippen molar-refractivity contribution in [2.24, 2.45) is 0 Å². The van der Waals surface area contributed by atoms with Gasteiger partial charge in [-0.15, -0.1) is 0 Å². The summed E-state index contributed by atoms with van der Waals surface area (Å²) in [4.78, 5) is 24.5. The van der Waals surface area contributed by atoms with Crippen LogP contribution in [0.1, 0.15) is 290 Å². The molecule has 0 aromatic rings. The van der Waals surface area contributed by atoms with E-state index < -0.39 is 12.1 Å². The largest absolute Gasteiger partial charge is 0.466 e. The normalized spacial score (nSPS) is 12.6.